The average molecular weight is 263 g/mol. The molecule has 0 aliphatic carbocycles. The molecule has 1 N–H and O–H groups in total. The summed E-state index contributed by atoms with van der Waals surface area (Å²) in [5, 5.41) is 9.20. The predicted molar refractivity (Wildman–Crippen MR) is 65.3 cm³/mol. The van der Waals surface area contributed by atoms with Crippen LogP contribution in [0.3, 0.4) is 0 Å². The van der Waals surface area contributed by atoms with Gasteiger partial charge in [0.2, 0.25) is 10.0 Å². The molecule has 1 rings (SSSR count). The van der Waals surface area contributed by atoms with E-state index in [1.165, 1.54) is 22.7 Å². The first kappa shape index (κ1) is 13.6. The summed E-state index contributed by atoms with van der Waals surface area (Å²) >= 11 is 1.46. The minimum atomic E-state index is -3.46. The van der Waals surface area contributed by atoms with Crippen molar-refractivity contribution in [3.8, 4) is 0 Å². The number of nitrogens with zero attached hydrogens (tertiary/aromatic N) is 1. The Morgan fingerprint density at radius 3 is 2.44 bits per heavy atom. The summed E-state index contributed by atoms with van der Waals surface area (Å²) in [6.07, 6.45) is -0.667. The van der Waals surface area contributed by atoms with Crippen LogP contribution in [0.2, 0.25) is 0 Å². The number of rotatable bonds is 4. The second-order valence-electron chi connectivity index (χ2n) is 3.91. The molecule has 16 heavy (non-hydrogen) atoms. The van der Waals surface area contributed by atoms with Crippen LogP contribution in [-0.2, 0) is 10.0 Å². The van der Waals surface area contributed by atoms with Crippen molar-refractivity contribution in [2.75, 3.05) is 13.6 Å². The highest BCUT2D eigenvalue weighted by atomic mass is 32.2. The minimum Gasteiger partial charge on any atom is -0.392 e. The van der Waals surface area contributed by atoms with Crippen LogP contribution in [0.1, 0.15) is 16.7 Å². The van der Waals surface area contributed by atoms with Crippen LogP contribution in [0.4, 0.5) is 0 Å². The summed E-state index contributed by atoms with van der Waals surface area (Å²) < 4.78 is 25.4. The molecule has 0 amide bonds. The molecule has 1 unspecified atom stereocenters. The van der Waals surface area contributed by atoms with Gasteiger partial charge in [0, 0.05) is 23.3 Å². The van der Waals surface area contributed by atoms with Crippen LogP contribution < -0.4 is 0 Å². The van der Waals surface area contributed by atoms with Gasteiger partial charge in [0.15, 0.2) is 0 Å². The molecule has 0 saturated heterocycles. The van der Waals surface area contributed by atoms with Gasteiger partial charge >= 0.3 is 0 Å². The number of hydrogen-bond acceptors (Lipinski definition) is 4. The predicted octanol–water partition coefficient (Wildman–Crippen LogP) is 1.37. The van der Waals surface area contributed by atoms with Crippen LogP contribution >= 0.6 is 11.3 Å². The first-order valence-corrected chi connectivity index (χ1v) is 7.22. The Kier molecular flexibility index (Phi) is 4.12. The summed E-state index contributed by atoms with van der Waals surface area (Å²) in [7, 11) is -1.98. The molecule has 1 aromatic rings. The fourth-order valence-electron chi connectivity index (χ4n) is 1.50. The third kappa shape index (κ3) is 2.82. The van der Waals surface area contributed by atoms with E-state index >= 15 is 0 Å². The number of likely N-dealkylation sites (N-methyl/N-ethyl adjacent to an activating group) is 1. The number of aryl methyl sites for hydroxylation is 2. The molecule has 4 nitrogen and oxygen atoms in total. The molecule has 1 atom stereocenters. The minimum absolute atomic E-state index is 0.108. The van der Waals surface area contributed by atoms with Crippen molar-refractivity contribution >= 4 is 21.4 Å². The molecule has 0 aliphatic rings. The van der Waals surface area contributed by atoms with Crippen LogP contribution in [-0.4, -0.2) is 37.5 Å². The fraction of sp³-hybridized carbons (Fsp3) is 0.600. The van der Waals surface area contributed by atoms with Gasteiger partial charge in [-0.05, 0) is 26.8 Å². The Balaban J connectivity index is 3.07. The van der Waals surface area contributed by atoms with Crippen LogP contribution in [0, 0.1) is 13.8 Å². The zero-order valence-corrected chi connectivity index (χ0v) is 11.5. The molecule has 1 aromatic heterocycles. The molecule has 0 radical (unpaired) electrons. The van der Waals surface area contributed by atoms with Gasteiger partial charge in [0.05, 0.1) is 11.0 Å². The largest absolute Gasteiger partial charge is 0.392 e. The smallest absolute Gasteiger partial charge is 0.244 e. The van der Waals surface area contributed by atoms with Crippen molar-refractivity contribution in [2.45, 2.75) is 31.8 Å². The normalized spacial score (nSPS) is 14.4. The van der Waals surface area contributed by atoms with Gasteiger partial charge in [-0.15, -0.1) is 11.3 Å². The molecule has 0 saturated carbocycles. The molecule has 0 aromatic carbocycles. The molecule has 92 valence electrons. The number of thiophene rings is 1. The maximum Gasteiger partial charge on any atom is 0.244 e. The average Bonchev–Trinajstić information content (AvgIpc) is 2.44. The van der Waals surface area contributed by atoms with Crippen LogP contribution in [0.5, 0.6) is 0 Å². The number of sulfonamides is 1. The van der Waals surface area contributed by atoms with E-state index < -0.39 is 16.1 Å². The van der Waals surface area contributed by atoms with Crippen molar-refractivity contribution in [2.24, 2.45) is 0 Å². The molecule has 6 heteroatoms. The van der Waals surface area contributed by atoms with Crippen molar-refractivity contribution < 1.29 is 13.5 Å². The number of hydrogen-bond donors (Lipinski definition) is 1. The quantitative estimate of drug-likeness (QED) is 0.892. The zero-order chi connectivity index (χ0) is 12.5. The van der Waals surface area contributed by atoms with Gasteiger partial charge in [-0.3, -0.25) is 0 Å². The van der Waals surface area contributed by atoms with Gasteiger partial charge in [-0.25, -0.2) is 8.42 Å². The van der Waals surface area contributed by atoms with Crippen molar-refractivity contribution in [1.29, 1.82) is 0 Å². The molecule has 0 bridgehead atoms. The summed E-state index contributed by atoms with van der Waals surface area (Å²) in [5.74, 6) is 0. The zero-order valence-electron chi connectivity index (χ0n) is 9.89. The maximum atomic E-state index is 12.1. The Labute approximate surface area is 101 Å². The summed E-state index contributed by atoms with van der Waals surface area (Å²) in [6.45, 7) is 5.35. The van der Waals surface area contributed by atoms with Gasteiger partial charge < -0.3 is 5.11 Å². The molecule has 0 fully saturated rings. The maximum absolute atomic E-state index is 12.1. The van der Waals surface area contributed by atoms with Crippen molar-refractivity contribution in [3.63, 3.8) is 0 Å². The third-order valence-electron chi connectivity index (χ3n) is 2.20. The molecular formula is C10H17NO3S2. The second kappa shape index (κ2) is 4.83. The van der Waals surface area contributed by atoms with Gasteiger partial charge in [0.25, 0.3) is 0 Å². The van der Waals surface area contributed by atoms with E-state index in [0.29, 0.717) is 4.90 Å². The Morgan fingerprint density at radius 1 is 1.50 bits per heavy atom. The third-order valence-corrected chi connectivity index (χ3v) is 5.25. The van der Waals surface area contributed by atoms with Crippen LogP contribution in [0.15, 0.2) is 11.0 Å². The van der Waals surface area contributed by atoms with E-state index in [4.69, 9.17) is 0 Å². The van der Waals surface area contributed by atoms with Gasteiger partial charge in [0.1, 0.15) is 0 Å². The van der Waals surface area contributed by atoms with E-state index in [-0.39, 0.29) is 6.54 Å². The molecule has 1 heterocycles. The standard InChI is InChI=1S/C10H17NO3S2/c1-7(12)6-11(4)16(13,14)10-5-8(2)15-9(10)3/h5,7,12H,6H2,1-4H3. The second-order valence-corrected chi connectivity index (χ2v) is 7.39. The summed E-state index contributed by atoms with van der Waals surface area (Å²) in [4.78, 5) is 2.11. The SMILES string of the molecule is Cc1cc(S(=O)(=O)N(C)CC(C)O)c(C)s1. The lowest BCUT2D eigenvalue weighted by atomic mass is 10.4. The lowest BCUT2D eigenvalue weighted by Crippen LogP contribution is -2.33. The first-order valence-electron chi connectivity index (χ1n) is 4.96. The lowest BCUT2D eigenvalue weighted by Gasteiger charge is -2.18. The highest BCUT2D eigenvalue weighted by molar-refractivity contribution is 7.89. The van der Waals surface area contributed by atoms with Crippen molar-refractivity contribution in [3.05, 3.63) is 15.8 Å². The van der Waals surface area contributed by atoms with E-state index in [2.05, 4.69) is 0 Å². The fourth-order valence-corrected chi connectivity index (χ4v) is 4.27. The molecule has 0 spiro atoms. The monoisotopic (exact) mass is 263 g/mol. The topological polar surface area (TPSA) is 57.6 Å². The van der Waals surface area contributed by atoms with Crippen molar-refractivity contribution in [1.82, 2.24) is 4.31 Å². The van der Waals surface area contributed by atoms with E-state index in [0.717, 1.165) is 9.75 Å². The summed E-state index contributed by atoms with van der Waals surface area (Å²) in [6, 6.07) is 1.67. The first-order chi connectivity index (χ1) is 7.25. The van der Waals surface area contributed by atoms with E-state index in [9.17, 15) is 13.5 Å². The highest BCUT2D eigenvalue weighted by Crippen LogP contribution is 2.27. The van der Waals surface area contributed by atoms with E-state index in [1.807, 2.05) is 6.92 Å². The number of aliphatic hydroxyl groups excluding tert-OH is 1. The molecule has 0 aliphatic heterocycles. The number of aliphatic hydroxyl groups is 1. The van der Waals surface area contributed by atoms with Crippen LogP contribution in [0.25, 0.3) is 0 Å². The Hall–Kier alpha value is -0.430. The van der Waals surface area contributed by atoms with Gasteiger partial charge in [-0.1, -0.05) is 0 Å². The Bertz CT molecular complexity index is 462. The van der Waals surface area contributed by atoms with Gasteiger partial charge in [-0.2, -0.15) is 4.31 Å². The van der Waals surface area contributed by atoms with E-state index in [1.54, 1.807) is 19.9 Å². The summed E-state index contributed by atoms with van der Waals surface area (Å²) in [5.41, 5.74) is 0. The highest BCUT2D eigenvalue weighted by Gasteiger charge is 2.24. The Morgan fingerprint density at radius 2 is 2.06 bits per heavy atom. The molecular weight excluding hydrogens is 246 g/mol. The lowest BCUT2D eigenvalue weighted by molar-refractivity contribution is 0.171.